The molecule has 238 valence electrons. The quantitative estimate of drug-likeness (QED) is 0.170. The van der Waals surface area contributed by atoms with Gasteiger partial charge in [0, 0.05) is 33.8 Å². The molecule has 0 bridgehead atoms. The Hall–Kier alpha value is -6.77. The predicted molar refractivity (Wildman–Crippen MR) is 215 cm³/mol. The second-order valence-electron chi connectivity index (χ2n) is 13.1. The molecule has 0 amide bonds. The Balaban J connectivity index is 1.09. The zero-order chi connectivity index (χ0) is 33.7. The first-order chi connectivity index (χ1) is 25.3. The minimum Gasteiger partial charge on any atom is -0.309 e. The van der Waals surface area contributed by atoms with Gasteiger partial charge in [-0.15, -0.1) is 0 Å². The second-order valence-corrected chi connectivity index (χ2v) is 13.1. The Kier molecular flexibility index (Phi) is 6.85. The minimum absolute atomic E-state index is 0.971. The van der Waals surface area contributed by atoms with E-state index in [1.54, 1.807) is 0 Å². The van der Waals surface area contributed by atoms with Crippen LogP contribution in [-0.2, 0) is 0 Å². The van der Waals surface area contributed by atoms with Crippen LogP contribution in [0.3, 0.4) is 0 Å². The Morgan fingerprint density at radius 2 is 0.804 bits per heavy atom. The number of hydrogen-bond acceptors (Lipinski definition) is 1. The number of benzene rings is 8. The summed E-state index contributed by atoms with van der Waals surface area (Å²) in [4.78, 5) is 5.16. The molecule has 0 spiro atoms. The maximum Gasteiger partial charge on any atom is 0.0714 e. The molecule has 2 heterocycles. The topological polar surface area (TPSA) is 17.8 Å². The number of aromatic nitrogens is 2. The van der Waals surface area contributed by atoms with Gasteiger partial charge in [0.05, 0.1) is 16.7 Å². The van der Waals surface area contributed by atoms with Crippen LogP contribution >= 0.6 is 0 Å². The highest BCUT2D eigenvalue weighted by atomic mass is 15.0. The van der Waals surface area contributed by atoms with Crippen LogP contribution in [-0.4, -0.2) is 9.55 Å². The van der Waals surface area contributed by atoms with Crippen LogP contribution in [0.25, 0.3) is 93.7 Å². The van der Waals surface area contributed by atoms with Crippen LogP contribution in [0.2, 0.25) is 0 Å². The first-order valence-electron chi connectivity index (χ1n) is 17.5. The molecular weight excluding hydrogens is 617 g/mol. The normalized spacial score (nSPS) is 11.5. The lowest BCUT2D eigenvalue weighted by Gasteiger charge is -2.17. The average molecular weight is 649 g/mol. The molecule has 0 fully saturated rings. The molecule has 8 aromatic carbocycles. The van der Waals surface area contributed by atoms with Crippen molar-refractivity contribution in [3.63, 3.8) is 0 Å². The van der Waals surface area contributed by atoms with Crippen LogP contribution in [0.5, 0.6) is 0 Å². The van der Waals surface area contributed by atoms with Gasteiger partial charge in [0.15, 0.2) is 0 Å². The van der Waals surface area contributed by atoms with Crippen molar-refractivity contribution in [3.05, 3.63) is 194 Å². The third-order valence-electron chi connectivity index (χ3n) is 10.3. The standard InChI is InChI=1S/C49H32N2/c1-3-13-33(14-4-1)34-23-25-35(26-24-34)48-40-18-7-9-20-42(40)49(43-21-10-8-19-41(43)48)45-29-27-37(32-50-45)36-28-30-47-44(31-36)39-17-11-12-22-46(39)51(47)38-15-5-2-6-16-38/h1-32H. The van der Waals surface area contributed by atoms with Gasteiger partial charge in [-0.2, -0.15) is 0 Å². The maximum atomic E-state index is 5.16. The lowest BCUT2D eigenvalue weighted by atomic mass is 9.87. The summed E-state index contributed by atoms with van der Waals surface area (Å²) in [7, 11) is 0. The smallest absolute Gasteiger partial charge is 0.0714 e. The van der Waals surface area contributed by atoms with E-state index in [0.717, 1.165) is 22.5 Å². The molecule has 0 aliphatic heterocycles. The van der Waals surface area contributed by atoms with Gasteiger partial charge >= 0.3 is 0 Å². The molecule has 10 aromatic rings. The van der Waals surface area contributed by atoms with Crippen molar-refractivity contribution >= 4 is 43.4 Å². The Labute approximate surface area is 296 Å². The van der Waals surface area contributed by atoms with E-state index in [-0.39, 0.29) is 0 Å². The molecular formula is C49H32N2. The SMILES string of the molecule is c1ccc(-c2ccc(-c3c4ccccc4c(-c4ccc(-c5ccc6c(c5)c5ccccc5n6-c5ccccc5)cn4)c4ccccc34)cc2)cc1. The molecule has 0 unspecified atom stereocenters. The number of hydrogen-bond donors (Lipinski definition) is 0. The van der Waals surface area contributed by atoms with E-state index in [1.165, 1.54) is 71.2 Å². The van der Waals surface area contributed by atoms with E-state index in [4.69, 9.17) is 4.98 Å². The summed E-state index contributed by atoms with van der Waals surface area (Å²) >= 11 is 0. The van der Waals surface area contributed by atoms with E-state index in [9.17, 15) is 0 Å². The molecule has 0 atom stereocenters. The van der Waals surface area contributed by atoms with E-state index in [1.807, 2.05) is 6.20 Å². The van der Waals surface area contributed by atoms with Crippen molar-refractivity contribution in [3.8, 4) is 50.3 Å². The van der Waals surface area contributed by atoms with Crippen molar-refractivity contribution in [1.29, 1.82) is 0 Å². The van der Waals surface area contributed by atoms with E-state index in [2.05, 4.69) is 193 Å². The van der Waals surface area contributed by atoms with Gasteiger partial charge in [-0.25, -0.2) is 0 Å². The molecule has 2 heteroatoms. The van der Waals surface area contributed by atoms with E-state index < -0.39 is 0 Å². The number of nitrogens with zero attached hydrogens (tertiary/aromatic N) is 2. The molecule has 0 saturated carbocycles. The van der Waals surface area contributed by atoms with Gasteiger partial charge in [-0.1, -0.05) is 152 Å². The highest BCUT2D eigenvalue weighted by Crippen LogP contribution is 2.44. The highest BCUT2D eigenvalue weighted by molar-refractivity contribution is 6.21. The van der Waals surface area contributed by atoms with Gasteiger partial charge in [0.2, 0.25) is 0 Å². The van der Waals surface area contributed by atoms with Crippen molar-refractivity contribution < 1.29 is 0 Å². The van der Waals surface area contributed by atoms with Crippen LogP contribution in [0.1, 0.15) is 0 Å². The fourth-order valence-corrected chi connectivity index (χ4v) is 7.90. The second kappa shape index (κ2) is 12.0. The largest absolute Gasteiger partial charge is 0.309 e. The molecule has 0 aliphatic rings. The molecule has 0 N–H and O–H groups in total. The summed E-state index contributed by atoms with van der Waals surface area (Å²) in [5.74, 6) is 0. The summed E-state index contributed by atoms with van der Waals surface area (Å²) in [6.07, 6.45) is 2.03. The summed E-state index contributed by atoms with van der Waals surface area (Å²) < 4.78 is 2.35. The fourth-order valence-electron chi connectivity index (χ4n) is 7.90. The predicted octanol–water partition coefficient (Wildman–Crippen LogP) is 13.2. The molecule has 0 saturated heterocycles. The van der Waals surface area contributed by atoms with Gasteiger partial charge in [-0.3, -0.25) is 4.98 Å². The zero-order valence-corrected chi connectivity index (χ0v) is 27.9. The molecule has 0 aliphatic carbocycles. The number of rotatable bonds is 5. The number of fused-ring (bicyclic) bond motifs is 5. The van der Waals surface area contributed by atoms with Gasteiger partial charge in [0.25, 0.3) is 0 Å². The third-order valence-corrected chi connectivity index (χ3v) is 10.3. The highest BCUT2D eigenvalue weighted by Gasteiger charge is 2.18. The fraction of sp³-hybridized carbons (Fsp3) is 0. The summed E-state index contributed by atoms with van der Waals surface area (Å²) in [6.45, 7) is 0. The van der Waals surface area contributed by atoms with Crippen molar-refractivity contribution in [2.24, 2.45) is 0 Å². The van der Waals surface area contributed by atoms with Gasteiger partial charge < -0.3 is 4.57 Å². The first-order valence-corrected chi connectivity index (χ1v) is 17.5. The zero-order valence-electron chi connectivity index (χ0n) is 27.9. The minimum atomic E-state index is 0.971. The van der Waals surface area contributed by atoms with E-state index in [0.29, 0.717) is 0 Å². The summed E-state index contributed by atoms with van der Waals surface area (Å²) in [5.41, 5.74) is 12.9. The van der Waals surface area contributed by atoms with Crippen LogP contribution in [0.4, 0.5) is 0 Å². The number of pyridine rings is 1. The average Bonchev–Trinajstić information content (AvgIpc) is 3.54. The molecule has 0 radical (unpaired) electrons. The van der Waals surface area contributed by atoms with Gasteiger partial charge in [0.1, 0.15) is 0 Å². The Morgan fingerprint density at radius 3 is 1.45 bits per heavy atom. The first kappa shape index (κ1) is 29.2. The van der Waals surface area contributed by atoms with E-state index >= 15 is 0 Å². The molecule has 2 nitrogen and oxygen atoms in total. The lowest BCUT2D eigenvalue weighted by molar-refractivity contribution is 1.18. The molecule has 2 aromatic heterocycles. The Morgan fingerprint density at radius 1 is 0.314 bits per heavy atom. The van der Waals surface area contributed by atoms with Crippen molar-refractivity contribution in [1.82, 2.24) is 9.55 Å². The van der Waals surface area contributed by atoms with Crippen molar-refractivity contribution in [2.45, 2.75) is 0 Å². The number of para-hydroxylation sites is 2. The van der Waals surface area contributed by atoms with Crippen LogP contribution in [0.15, 0.2) is 194 Å². The summed E-state index contributed by atoms with van der Waals surface area (Å²) in [6, 6.07) is 67.6. The molecule has 51 heavy (non-hydrogen) atoms. The summed E-state index contributed by atoms with van der Waals surface area (Å²) in [5, 5.41) is 7.34. The van der Waals surface area contributed by atoms with Crippen LogP contribution in [0, 0.1) is 0 Å². The Bertz CT molecular complexity index is 2810. The van der Waals surface area contributed by atoms with Gasteiger partial charge in [-0.05, 0) is 85.8 Å². The lowest BCUT2D eigenvalue weighted by Crippen LogP contribution is -1.93. The van der Waals surface area contributed by atoms with Crippen LogP contribution < -0.4 is 0 Å². The third kappa shape index (κ3) is 4.84. The molecule has 10 rings (SSSR count). The monoisotopic (exact) mass is 648 g/mol. The maximum absolute atomic E-state index is 5.16. The van der Waals surface area contributed by atoms with Crippen molar-refractivity contribution in [2.75, 3.05) is 0 Å².